The van der Waals surface area contributed by atoms with Crippen LogP contribution in [0.4, 0.5) is 5.69 Å². The molecule has 168 valence electrons. The Labute approximate surface area is 194 Å². The smallest absolute Gasteiger partial charge is 0.222 e. The number of likely N-dealkylation sites (tertiary alicyclic amines) is 1. The lowest BCUT2D eigenvalue weighted by Crippen LogP contribution is -2.42. The first-order valence-electron chi connectivity index (χ1n) is 11.3. The number of amides is 1. The summed E-state index contributed by atoms with van der Waals surface area (Å²) < 4.78 is 0. The highest BCUT2D eigenvalue weighted by Gasteiger charge is 2.34. The Balaban J connectivity index is 1.47. The van der Waals surface area contributed by atoms with E-state index < -0.39 is 0 Å². The molecule has 0 bridgehead atoms. The van der Waals surface area contributed by atoms with Crippen molar-refractivity contribution in [1.82, 2.24) is 9.88 Å². The Morgan fingerprint density at radius 1 is 1.22 bits per heavy atom. The first-order valence-corrected chi connectivity index (χ1v) is 11.7. The molecule has 6 heteroatoms. The fourth-order valence-electron chi connectivity index (χ4n) is 4.73. The highest BCUT2D eigenvalue weighted by atomic mass is 35.5. The molecular weight excluding hydrogens is 422 g/mol. The molecule has 1 saturated heterocycles. The van der Waals surface area contributed by atoms with E-state index in [-0.39, 0.29) is 17.1 Å². The Morgan fingerprint density at radius 3 is 2.69 bits per heavy atom. The summed E-state index contributed by atoms with van der Waals surface area (Å²) >= 11 is 6.24. The van der Waals surface area contributed by atoms with Crippen molar-refractivity contribution < 1.29 is 9.59 Å². The van der Waals surface area contributed by atoms with Gasteiger partial charge in [-0.25, -0.2) is 0 Å². The molecule has 0 spiro atoms. The summed E-state index contributed by atoms with van der Waals surface area (Å²) in [6, 6.07) is 7.95. The Bertz CT molecular complexity index is 1070. The third-order valence-electron chi connectivity index (χ3n) is 6.74. The number of benzene rings is 1. The summed E-state index contributed by atoms with van der Waals surface area (Å²) in [5.41, 5.74) is 4.50. The fraction of sp³-hybridized carbons (Fsp3) is 0.423. The van der Waals surface area contributed by atoms with Crippen LogP contribution in [0.25, 0.3) is 0 Å². The van der Waals surface area contributed by atoms with Crippen molar-refractivity contribution in [1.29, 1.82) is 0 Å². The van der Waals surface area contributed by atoms with Crippen molar-refractivity contribution in [3.8, 4) is 0 Å². The van der Waals surface area contributed by atoms with Gasteiger partial charge >= 0.3 is 0 Å². The van der Waals surface area contributed by atoms with E-state index >= 15 is 0 Å². The highest BCUT2D eigenvalue weighted by molar-refractivity contribution is 6.31. The number of carbonyl (C=O) groups is 2. The molecule has 1 aromatic heterocycles. The molecule has 1 N–H and O–H groups in total. The largest absolute Gasteiger partial charge is 0.381 e. The van der Waals surface area contributed by atoms with E-state index in [1.807, 2.05) is 36.4 Å². The topological polar surface area (TPSA) is 62.3 Å². The number of ketones is 1. The number of hydrogen-bond acceptors (Lipinski definition) is 4. The minimum absolute atomic E-state index is 0.0293. The number of anilines is 1. The van der Waals surface area contributed by atoms with Crippen molar-refractivity contribution in [3.05, 3.63) is 70.0 Å². The van der Waals surface area contributed by atoms with Crippen molar-refractivity contribution in [2.24, 2.45) is 0 Å². The SMILES string of the molecule is CCC(=O)N1CCC(Nc2cncc(CC3=CC(=O)c4ccc(Cl)cc4C3(C)C)c2)CC1. The minimum atomic E-state index is -0.295. The van der Waals surface area contributed by atoms with Crippen LogP contribution >= 0.6 is 11.6 Å². The van der Waals surface area contributed by atoms with Gasteiger partial charge in [-0.3, -0.25) is 14.6 Å². The van der Waals surface area contributed by atoms with Gasteiger partial charge in [-0.1, -0.05) is 37.9 Å². The lowest BCUT2D eigenvalue weighted by Gasteiger charge is -2.34. The summed E-state index contributed by atoms with van der Waals surface area (Å²) in [6.45, 7) is 7.78. The maximum atomic E-state index is 12.7. The first-order chi connectivity index (χ1) is 15.3. The summed E-state index contributed by atoms with van der Waals surface area (Å²) in [7, 11) is 0. The Morgan fingerprint density at radius 2 is 1.97 bits per heavy atom. The number of nitrogens with zero attached hydrogens (tertiary/aromatic N) is 2. The van der Waals surface area contributed by atoms with Gasteiger partial charge in [-0.05, 0) is 60.7 Å². The monoisotopic (exact) mass is 451 g/mol. The molecule has 2 aliphatic rings. The molecule has 2 heterocycles. The van der Waals surface area contributed by atoms with Crippen LogP contribution in [0.2, 0.25) is 5.02 Å². The molecule has 1 aromatic carbocycles. The van der Waals surface area contributed by atoms with E-state index in [1.165, 1.54) is 0 Å². The number of aromatic nitrogens is 1. The van der Waals surface area contributed by atoms with Gasteiger partial charge in [0.25, 0.3) is 0 Å². The van der Waals surface area contributed by atoms with Gasteiger partial charge in [0.15, 0.2) is 5.78 Å². The Kier molecular flexibility index (Phi) is 6.38. The molecule has 1 aliphatic carbocycles. The second-order valence-electron chi connectivity index (χ2n) is 9.26. The van der Waals surface area contributed by atoms with Gasteiger partial charge in [-0.15, -0.1) is 0 Å². The number of pyridine rings is 1. The van der Waals surface area contributed by atoms with Crippen LogP contribution in [-0.2, 0) is 16.6 Å². The molecule has 0 radical (unpaired) electrons. The standard InChI is InChI=1S/C26H30ClN3O2/c1-4-25(32)30-9-7-20(8-10-30)29-21-12-17(15-28-16-21)11-18-13-24(31)22-6-5-19(27)14-23(22)26(18,2)3/h5-6,12-16,20,29H,4,7-11H2,1-3H3. The van der Waals surface area contributed by atoms with Gasteiger partial charge in [0.2, 0.25) is 5.91 Å². The maximum absolute atomic E-state index is 12.7. The third-order valence-corrected chi connectivity index (χ3v) is 6.97. The fourth-order valence-corrected chi connectivity index (χ4v) is 4.90. The van der Waals surface area contributed by atoms with Gasteiger partial charge in [-0.2, -0.15) is 0 Å². The average Bonchev–Trinajstić information content (AvgIpc) is 2.78. The molecule has 1 amide bonds. The van der Waals surface area contributed by atoms with Crippen molar-refractivity contribution in [2.75, 3.05) is 18.4 Å². The number of rotatable bonds is 5. The van der Waals surface area contributed by atoms with E-state index in [0.29, 0.717) is 23.9 Å². The van der Waals surface area contributed by atoms with Crippen LogP contribution in [0.5, 0.6) is 0 Å². The lowest BCUT2D eigenvalue weighted by molar-refractivity contribution is -0.131. The van der Waals surface area contributed by atoms with Crippen LogP contribution in [-0.4, -0.2) is 40.7 Å². The van der Waals surface area contributed by atoms with Gasteiger partial charge in [0.1, 0.15) is 0 Å². The summed E-state index contributed by atoms with van der Waals surface area (Å²) in [5, 5.41) is 4.23. The highest BCUT2D eigenvalue weighted by Crippen LogP contribution is 2.40. The zero-order valence-electron chi connectivity index (χ0n) is 19.0. The molecule has 0 atom stereocenters. The molecule has 32 heavy (non-hydrogen) atoms. The van der Waals surface area contributed by atoms with E-state index in [4.69, 9.17) is 11.6 Å². The summed E-state index contributed by atoms with van der Waals surface area (Å²) in [6.07, 6.45) is 8.56. The number of piperidine rings is 1. The number of carbonyl (C=O) groups excluding carboxylic acids is 2. The van der Waals surface area contributed by atoms with E-state index in [2.05, 4.69) is 30.2 Å². The minimum Gasteiger partial charge on any atom is -0.381 e. The van der Waals surface area contributed by atoms with Crippen LogP contribution in [0, 0.1) is 0 Å². The van der Waals surface area contributed by atoms with Gasteiger partial charge < -0.3 is 10.2 Å². The number of fused-ring (bicyclic) bond motifs is 1. The normalized spacial score (nSPS) is 18.2. The molecule has 1 fully saturated rings. The third kappa shape index (κ3) is 4.58. The van der Waals surface area contributed by atoms with Crippen LogP contribution in [0.3, 0.4) is 0 Å². The maximum Gasteiger partial charge on any atom is 0.222 e. The van der Waals surface area contributed by atoms with E-state index in [0.717, 1.165) is 53.9 Å². The molecule has 4 rings (SSSR count). The second kappa shape index (κ2) is 9.07. The van der Waals surface area contributed by atoms with Crippen molar-refractivity contribution in [2.45, 2.75) is 57.9 Å². The van der Waals surface area contributed by atoms with Crippen molar-refractivity contribution >= 4 is 29.0 Å². The number of nitrogens with one attached hydrogen (secondary N) is 1. The molecule has 5 nitrogen and oxygen atoms in total. The molecule has 1 aliphatic heterocycles. The summed E-state index contributed by atoms with van der Waals surface area (Å²) in [5.74, 6) is 0.259. The van der Waals surface area contributed by atoms with Gasteiger partial charge in [0.05, 0.1) is 5.69 Å². The predicted molar refractivity (Wildman–Crippen MR) is 128 cm³/mol. The average molecular weight is 452 g/mol. The molecule has 0 saturated carbocycles. The molecule has 2 aromatic rings. The second-order valence-corrected chi connectivity index (χ2v) is 9.70. The van der Waals surface area contributed by atoms with Crippen LogP contribution < -0.4 is 5.32 Å². The Hall–Kier alpha value is -2.66. The van der Waals surface area contributed by atoms with E-state index in [9.17, 15) is 9.59 Å². The van der Waals surface area contributed by atoms with Crippen LogP contribution in [0.1, 0.15) is 61.5 Å². The number of hydrogen-bond donors (Lipinski definition) is 1. The first kappa shape index (κ1) is 22.5. The molecular formula is C26H30ClN3O2. The number of halogens is 1. The zero-order chi connectivity index (χ0) is 22.9. The van der Waals surface area contributed by atoms with E-state index in [1.54, 1.807) is 12.1 Å². The summed E-state index contributed by atoms with van der Waals surface area (Å²) in [4.78, 5) is 31.0. The molecule has 0 unspecified atom stereocenters. The quantitative estimate of drug-likeness (QED) is 0.679. The predicted octanol–water partition coefficient (Wildman–Crippen LogP) is 5.19. The lowest BCUT2D eigenvalue weighted by atomic mass is 9.69. The van der Waals surface area contributed by atoms with Crippen LogP contribution in [0.15, 0.2) is 48.3 Å². The van der Waals surface area contributed by atoms with Gasteiger partial charge in [0, 0.05) is 53.9 Å². The zero-order valence-corrected chi connectivity index (χ0v) is 19.7. The van der Waals surface area contributed by atoms with Crippen molar-refractivity contribution in [3.63, 3.8) is 0 Å². The number of allylic oxidation sites excluding steroid dienone is 2.